The standard InChI is InChI=1S/C13H16BrFN2.2ClH/c1-2-13(17-7-5-16-6-8-17)10-3-4-12(15)11(14)9-10;;/h2-4,9,13,16H,1,5-8H2;2*1H/t13-;;/m1../s1. The van der Waals surface area contributed by atoms with Crippen LogP contribution in [0.5, 0.6) is 0 Å². The van der Waals surface area contributed by atoms with Crippen LogP contribution in [0.25, 0.3) is 0 Å². The largest absolute Gasteiger partial charge is 0.314 e. The molecule has 1 aromatic carbocycles. The predicted octanol–water partition coefficient (Wildman–Crippen LogP) is 3.56. The van der Waals surface area contributed by atoms with Crippen molar-refractivity contribution in [1.29, 1.82) is 0 Å². The molecule has 0 radical (unpaired) electrons. The van der Waals surface area contributed by atoms with E-state index in [4.69, 9.17) is 0 Å². The van der Waals surface area contributed by atoms with Gasteiger partial charge in [-0.25, -0.2) is 4.39 Å². The highest BCUT2D eigenvalue weighted by Crippen LogP contribution is 2.26. The number of piperazine rings is 1. The topological polar surface area (TPSA) is 15.3 Å². The average molecular weight is 372 g/mol. The van der Waals surface area contributed by atoms with E-state index in [2.05, 4.69) is 32.7 Å². The SMILES string of the molecule is C=C[C@H](c1ccc(F)c(Br)c1)N1CCNCC1.Cl.Cl. The molecule has 1 heterocycles. The van der Waals surface area contributed by atoms with Crippen LogP contribution in [0.3, 0.4) is 0 Å². The Morgan fingerprint density at radius 2 is 1.95 bits per heavy atom. The molecule has 1 aliphatic heterocycles. The second-order valence-corrected chi connectivity index (χ2v) is 4.99. The summed E-state index contributed by atoms with van der Waals surface area (Å²) < 4.78 is 13.7. The van der Waals surface area contributed by atoms with E-state index >= 15 is 0 Å². The number of hydrogen-bond acceptors (Lipinski definition) is 2. The van der Waals surface area contributed by atoms with Gasteiger partial charge < -0.3 is 5.32 Å². The Kier molecular flexibility index (Phi) is 8.86. The monoisotopic (exact) mass is 370 g/mol. The smallest absolute Gasteiger partial charge is 0.137 e. The summed E-state index contributed by atoms with van der Waals surface area (Å²) in [4.78, 5) is 2.35. The number of nitrogens with zero attached hydrogens (tertiary/aromatic N) is 1. The lowest BCUT2D eigenvalue weighted by molar-refractivity contribution is 0.203. The molecule has 0 bridgehead atoms. The molecule has 0 unspecified atom stereocenters. The molecule has 1 atom stereocenters. The molecule has 6 heteroatoms. The number of hydrogen-bond donors (Lipinski definition) is 1. The van der Waals surface area contributed by atoms with Crippen LogP contribution in [0, 0.1) is 5.82 Å². The lowest BCUT2D eigenvalue weighted by atomic mass is 10.0. The molecule has 0 aromatic heterocycles. The van der Waals surface area contributed by atoms with E-state index in [-0.39, 0.29) is 36.7 Å². The number of rotatable bonds is 3. The minimum Gasteiger partial charge on any atom is -0.314 e. The second-order valence-electron chi connectivity index (χ2n) is 4.14. The molecule has 1 fully saturated rings. The van der Waals surface area contributed by atoms with E-state index in [0.717, 1.165) is 31.7 Å². The Bertz CT molecular complexity index is 412. The fourth-order valence-electron chi connectivity index (χ4n) is 2.15. The molecule has 1 aromatic rings. The van der Waals surface area contributed by atoms with E-state index in [1.54, 1.807) is 0 Å². The third-order valence-electron chi connectivity index (χ3n) is 3.05. The molecular formula is C13H18BrCl2FN2. The first-order valence-electron chi connectivity index (χ1n) is 5.74. The van der Waals surface area contributed by atoms with Crippen molar-refractivity contribution < 1.29 is 4.39 Å². The second kappa shape index (κ2) is 8.93. The predicted molar refractivity (Wildman–Crippen MR) is 86.0 cm³/mol. The van der Waals surface area contributed by atoms with Crippen molar-refractivity contribution in [3.63, 3.8) is 0 Å². The van der Waals surface area contributed by atoms with Crippen molar-refractivity contribution in [2.75, 3.05) is 26.2 Å². The summed E-state index contributed by atoms with van der Waals surface area (Å²) in [5, 5.41) is 3.32. The summed E-state index contributed by atoms with van der Waals surface area (Å²) in [5.74, 6) is -0.225. The molecule has 1 N–H and O–H groups in total. The van der Waals surface area contributed by atoms with Gasteiger partial charge in [-0.15, -0.1) is 31.4 Å². The van der Waals surface area contributed by atoms with Crippen LogP contribution < -0.4 is 5.32 Å². The number of benzene rings is 1. The van der Waals surface area contributed by atoms with E-state index in [1.165, 1.54) is 6.07 Å². The number of nitrogens with one attached hydrogen (secondary N) is 1. The quantitative estimate of drug-likeness (QED) is 0.817. The van der Waals surface area contributed by atoms with Crippen LogP contribution in [0.2, 0.25) is 0 Å². The highest BCUT2D eigenvalue weighted by atomic mass is 79.9. The van der Waals surface area contributed by atoms with Crippen molar-refractivity contribution in [2.45, 2.75) is 6.04 Å². The molecule has 2 nitrogen and oxygen atoms in total. The summed E-state index contributed by atoms with van der Waals surface area (Å²) >= 11 is 3.23. The number of halogens is 4. The highest BCUT2D eigenvalue weighted by molar-refractivity contribution is 9.10. The lowest BCUT2D eigenvalue weighted by Crippen LogP contribution is -2.44. The van der Waals surface area contributed by atoms with Crippen LogP contribution in [0.1, 0.15) is 11.6 Å². The summed E-state index contributed by atoms with van der Waals surface area (Å²) in [7, 11) is 0. The Hall–Kier alpha value is -0.130. The van der Waals surface area contributed by atoms with E-state index < -0.39 is 0 Å². The molecule has 0 amide bonds. The summed E-state index contributed by atoms with van der Waals surface area (Å²) in [6.07, 6.45) is 1.92. The van der Waals surface area contributed by atoms with E-state index in [0.29, 0.717) is 4.47 Å². The average Bonchev–Trinajstić information content (AvgIpc) is 2.36. The van der Waals surface area contributed by atoms with Gasteiger partial charge in [0, 0.05) is 26.2 Å². The summed E-state index contributed by atoms with van der Waals surface area (Å²) in [5.41, 5.74) is 1.08. The van der Waals surface area contributed by atoms with Gasteiger partial charge in [-0.1, -0.05) is 12.1 Å². The Balaban J connectivity index is 0.00000162. The van der Waals surface area contributed by atoms with Gasteiger partial charge >= 0.3 is 0 Å². The molecule has 0 aliphatic carbocycles. The van der Waals surface area contributed by atoms with Crippen molar-refractivity contribution in [1.82, 2.24) is 10.2 Å². The molecule has 108 valence electrons. The van der Waals surface area contributed by atoms with Crippen LogP contribution >= 0.6 is 40.7 Å². The van der Waals surface area contributed by atoms with Gasteiger partial charge in [0.05, 0.1) is 10.5 Å². The van der Waals surface area contributed by atoms with Crippen molar-refractivity contribution >= 4 is 40.7 Å². The van der Waals surface area contributed by atoms with E-state index in [9.17, 15) is 4.39 Å². The van der Waals surface area contributed by atoms with Gasteiger partial charge in [0.25, 0.3) is 0 Å². The van der Waals surface area contributed by atoms with Gasteiger partial charge in [0.1, 0.15) is 5.82 Å². The minimum atomic E-state index is -0.225. The Morgan fingerprint density at radius 1 is 1.32 bits per heavy atom. The Labute approximate surface area is 134 Å². The first-order valence-corrected chi connectivity index (χ1v) is 6.54. The van der Waals surface area contributed by atoms with Crippen molar-refractivity contribution in [3.05, 3.63) is 46.7 Å². The zero-order valence-electron chi connectivity index (χ0n) is 10.4. The van der Waals surface area contributed by atoms with Gasteiger partial charge in [0.2, 0.25) is 0 Å². The molecule has 19 heavy (non-hydrogen) atoms. The van der Waals surface area contributed by atoms with E-state index in [1.807, 2.05) is 18.2 Å². The highest BCUT2D eigenvalue weighted by Gasteiger charge is 2.19. The fraction of sp³-hybridized carbons (Fsp3) is 0.385. The van der Waals surface area contributed by atoms with Gasteiger partial charge in [0.15, 0.2) is 0 Å². The first-order chi connectivity index (χ1) is 8.22. The minimum absolute atomic E-state index is 0. The van der Waals surface area contributed by atoms with Crippen LogP contribution in [-0.4, -0.2) is 31.1 Å². The molecule has 1 saturated heterocycles. The maximum absolute atomic E-state index is 13.2. The van der Waals surface area contributed by atoms with Crippen LogP contribution in [0.4, 0.5) is 4.39 Å². The van der Waals surface area contributed by atoms with Crippen molar-refractivity contribution in [2.24, 2.45) is 0 Å². The molecular weight excluding hydrogens is 354 g/mol. The van der Waals surface area contributed by atoms with Gasteiger partial charge in [-0.05, 0) is 33.6 Å². The fourth-order valence-corrected chi connectivity index (χ4v) is 2.55. The van der Waals surface area contributed by atoms with Gasteiger partial charge in [-0.3, -0.25) is 4.90 Å². The summed E-state index contributed by atoms with van der Waals surface area (Å²) in [6, 6.07) is 5.32. The molecule has 0 spiro atoms. The molecule has 2 rings (SSSR count). The van der Waals surface area contributed by atoms with Crippen molar-refractivity contribution in [3.8, 4) is 0 Å². The zero-order chi connectivity index (χ0) is 12.3. The third-order valence-corrected chi connectivity index (χ3v) is 3.66. The molecule has 0 saturated carbocycles. The lowest BCUT2D eigenvalue weighted by Gasteiger charge is -2.33. The maximum atomic E-state index is 13.2. The van der Waals surface area contributed by atoms with Crippen LogP contribution in [-0.2, 0) is 0 Å². The zero-order valence-corrected chi connectivity index (χ0v) is 13.7. The first kappa shape index (κ1) is 18.9. The normalized spacial score (nSPS) is 16.9. The maximum Gasteiger partial charge on any atom is 0.137 e. The third kappa shape index (κ3) is 4.72. The van der Waals surface area contributed by atoms with Gasteiger partial charge in [-0.2, -0.15) is 0 Å². The van der Waals surface area contributed by atoms with Crippen LogP contribution in [0.15, 0.2) is 35.3 Å². The Morgan fingerprint density at radius 3 is 2.47 bits per heavy atom. The molecule has 1 aliphatic rings. The summed E-state index contributed by atoms with van der Waals surface area (Å²) in [6.45, 7) is 7.86.